The average molecular weight is 565 g/mol. The van der Waals surface area contributed by atoms with E-state index in [1.54, 1.807) is 12.1 Å². The van der Waals surface area contributed by atoms with Gasteiger partial charge in [0.25, 0.3) is 5.91 Å². The van der Waals surface area contributed by atoms with E-state index in [-0.39, 0.29) is 5.57 Å². The number of aryl methyl sites for hydroxylation is 1. The van der Waals surface area contributed by atoms with Gasteiger partial charge in [-0.05, 0) is 63.8 Å². The molecule has 1 unspecified atom stereocenters. The molecule has 1 N–H and O–H groups in total. The van der Waals surface area contributed by atoms with Crippen molar-refractivity contribution in [3.05, 3.63) is 63.9 Å². The zero-order chi connectivity index (χ0) is 28.7. The normalized spacial score (nSPS) is 15.6. The summed E-state index contributed by atoms with van der Waals surface area (Å²) in [4.78, 5) is 37.0. The molecule has 2 aromatic carbocycles. The summed E-state index contributed by atoms with van der Waals surface area (Å²) in [7, 11) is 8.42. The fourth-order valence-electron chi connectivity index (χ4n) is 5.28. The Morgan fingerprint density at radius 1 is 1.10 bits per heavy atom. The minimum atomic E-state index is -0.860. The lowest BCUT2D eigenvalue weighted by Gasteiger charge is -2.28. The van der Waals surface area contributed by atoms with Gasteiger partial charge in [-0.25, -0.2) is 4.98 Å². The number of Topliss-reactive ketones (excluding diaryl/α,β-unsaturated/α-hetero) is 1. The fourth-order valence-corrected chi connectivity index (χ4v) is 6.37. The van der Waals surface area contributed by atoms with Gasteiger partial charge in [0.05, 0.1) is 48.9 Å². The number of amides is 1. The van der Waals surface area contributed by atoms with Crippen molar-refractivity contribution in [1.29, 1.82) is 0 Å². The van der Waals surface area contributed by atoms with Gasteiger partial charge in [-0.15, -0.1) is 0 Å². The summed E-state index contributed by atoms with van der Waals surface area (Å²) in [5.41, 5.74) is 2.99. The lowest BCUT2D eigenvalue weighted by atomic mass is 9.94. The molecule has 2 aromatic heterocycles. The number of carbonyl (C=O) groups excluding carboxylic acids is 2. The van der Waals surface area contributed by atoms with Crippen LogP contribution in [0, 0.1) is 6.92 Å². The Labute approximate surface area is 236 Å². The predicted octanol–water partition coefficient (Wildman–Crippen LogP) is 4.41. The van der Waals surface area contributed by atoms with Crippen LogP contribution >= 0.6 is 11.3 Å². The highest BCUT2D eigenvalue weighted by molar-refractivity contribution is 7.19. The summed E-state index contributed by atoms with van der Waals surface area (Å²) in [6.45, 7) is 2.91. The van der Waals surface area contributed by atoms with Gasteiger partial charge in [0.15, 0.2) is 22.2 Å². The first-order valence-corrected chi connectivity index (χ1v) is 13.6. The van der Waals surface area contributed by atoms with E-state index in [9.17, 15) is 14.7 Å². The molecular weight excluding hydrogens is 532 g/mol. The van der Waals surface area contributed by atoms with Gasteiger partial charge < -0.3 is 29.1 Å². The topological polar surface area (TPSA) is 106 Å². The number of benzene rings is 2. The van der Waals surface area contributed by atoms with Crippen LogP contribution in [0.2, 0.25) is 0 Å². The molecule has 1 aliphatic heterocycles. The minimum absolute atomic E-state index is 0.0148. The largest absolute Gasteiger partial charge is 0.503 e. The number of aliphatic hydroxyl groups excluding tert-OH is 1. The molecule has 0 fully saturated rings. The average Bonchev–Trinajstić information content (AvgIpc) is 3.56. The number of carbonyl (C=O) groups is 2. The Bertz CT molecular complexity index is 1630. The van der Waals surface area contributed by atoms with Crippen LogP contribution in [0.15, 0.2) is 47.7 Å². The second kappa shape index (κ2) is 10.8. The molecule has 0 bridgehead atoms. The van der Waals surface area contributed by atoms with Crippen molar-refractivity contribution in [3.8, 4) is 17.2 Å². The number of ether oxygens (including phenoxy) is 3. The van der Waals surface area contributed by atoms with Gasteiger partial charge in [0.2, 0.25) is 11.5 Å². The first kappa shape index (κ1) is 27.5. The number of ketones is 1. The van der Waals surface area contributed by atoms with Crippen molar-refractivity contribution in [1.82, 2.24) is 19.2 Å². The molecule has 11 heteroatoms. The number of aromatic nitrogens is 2. The molecule has 1 atom stereocenters. The fraction of sp³-hybridized carbons (Fsp3) is 0.345. The van der Waals surface area contributed by atoms with E-state index in [1.807, 2.05) is 54.6 Å². The van der Waals surface area contributed by atoms with Crippen molar-refractivity contribution >= 4 is 39.0 Å². The number of methoxy groups -OCH3 is 3. The Balaban J connectivity index is 1.65. The molecule has 0 saturated carbocycles. The minimum Gasteiger partial charge on any atom is -0.503 e. The van der Waals surface area contributed by atoms with Gasteiger partial charge in [-0.1, -0.05) is 23.5 Å². The zero-order valence-corrected chi connectivity index (χ0v) is 24.2. The van der Waals surface area contributed by atoms with E-state index < -0.39 is 23.5 Å². The van der Waals surface area contributed by atoms with E-state index in [4.69, 9.17) is 14.2 Å². The molecule has 5 rings (SSSR count). The highest BCUT2D eigenvalue weighted by Gasteiger charge is 2.45. The standard InChI is InChI=1S/C29H32N4O6S/c1-16-27(40-29-30-18-10-7-8-11-19(18)33(16)29)24(34)22-23(32(28(36)25(22)35)13-9-12-31(2)3)17-14-20(37-4)26(39-6)21(15-17)38-5/h7-8,10-11,14-15,23,35H,9,12-13H2,1-6H3. The van der Waals surface area contributed by atoms with E-state index in [0.29, 0.717) is 51.3 Å². The molecule has 0 aliphatic carbocycles. The van der Waals surface area contributed by atoms with E-state index in [1.165, 1.54) is 37.6 Å². The number of fused-ring (bicyclic) bond motifs is 3. The number of para-hydroxylation sites is 2. The quantitative estimate of drug-likeness (QED) is 0.283. The predicted molar refractivity (Wildman–Crippen MR) is 153 cm³/mol. The van der Waals surface area contributed by atoms with Crippen LogP contribution in [0.4, 0.5) is 0 Å². The van der Waals surface area contributed by atoms with Crippen LogP contribution in [0.1, 0.15) is 33.4 Å². The maximum absolute atomic E-state index is 14.2. The summed E-state index contributed by atoms with van der Waals surface area (Å²) in [6, 6.07) is 10.3. The molecule has 3 heterocycles. The van der Waals surface area contributed by atoms with Crippen LogP contribution in [-0.4, -0.2) is 84.5 Å². The van der Waals surface area contributed by atoms with Crippen LogP contribution in [0.5, 0.6) is 17.2 Å². The Morgan fingerprint density at radius 2 is 1.77 bits per heavy atom. The third kappa shape index (κ3) is 4.44. The van der Waals surface area contributed by atoms with E-state index in [2.05, 4.69) is 4.98 Å². The molecule has 1 aliphatic rings. The molecular formula is C29H32N4O6S. The highest BCUT2D eigenvalue weighted by Crippen LogP contribution is 2.46. The molecule has 0 saturated heterocycles. The van der Waals surface area contributed by atoms with Gasteiger partial charge in [-0.3, -0.25) is 14.0 Å². The smallest absolute Gasteiger partial charge is 0.290 e. The number of hydrogen-bond acceptors (Lipinski definition) is 9. The first-order chi connectivity index (χ1) is 19.2. The van der Waals surface area contributed by atoms with Gasteiger partial charge in [0, 0.05) is 12.2 Å². The van der Waals surface area contributed by atoms with Crippen LogP contribution < -0.4 is 14.2 Å². The molecule has 210 valence electrons. The summed E-state index contributed by atoms with van der Waals surface area (Å²) in [5.74, 6) is -0.410. The third-order valence-corrected chi connectivity index (χ3v) is 8.29. The van der Waals surface area contributed by atoms with Gasteiger partial charge >= 0.3 is 0 Å². The van der Waals surface area contributed by atoms with Gasteiger partial charge in [-0.2, -0.15) is 0 Å². The molecule has 0 spiro atoms. The lowest BCUT2D eigenvalue weighted by molar-refractivity contribution is -0.129. The number of imidazole rings is 1. The lowest BCUT2D eigenvalue weighted by Crippen LogP contribution is -2.33. The summed E-state index contributed by atoms with van der Waals surface area (Å²) in [5, 5.41) is 11.2. The first-order valence-electron chi connectivity index (χ1n) is 12.8. The maximum atomic E-state index is 14.2. The Morgan fingerprint density at radius 3 is 2.40 bits per heavy atom. The van der Waals surface area contributed by atoms with Crippen molar-refractivity contribution in [2.45, 2.75) is 19.4 Å². The Kier molecular flexibility index (Phi) is 7.43. The highest BCUT2D eigenvalue weighted by atomic mass is 32.1. The number of nitrogens with zero attached hydrogens (tertiary/aromatic N) is 4. The van der Waals surface area contributed by atoms with Crippen molar-refractivity contribution in [3.63, 3.8) is 0 Å². The van der Waals surface area contributed by atoms with Crippen LogP contribution in [-0.2, 0) is 4.79 Å². The number of thiazole rings is 1. The number of aliphatic hydroxyl groups is 1. The number of hydrogen-bond donors (Lipinski definition) is 1. The van der Waals surface area contributed by atoms with Crippen molar-refractivity contribution in [2.24, 2.45) is 0 Å². The summed E-state index contributed by atoms with van der Waals surface area (Å²) >= 11 is 1.24. The van der Waals surface area contributed by atoms with Crippen molar-refractivity contribution in [2.75, 3.05) is 48.5 Å². The van der Waals surface area contributed by atoms with E-state index in [0.717, 1.165) is 17.6 Å². The molecule has 4 aromatic rings. The number of rotatable bonds is 10. The summed E-state index contributed by atoms with van der Waals surface area (Å²) < 4.78 is 18.5. The third-order valence-electron chi connectivity index (χ3n) is 7.15. The molecule has 0 radical (unpaired) electrons. The van der Waals surface area contributed by atoms with E-state index >= 15 is 0 Å². The molecule has 1 amide bonds. The van der Waals surface area contributed by atoms with Crippen LogP contribution in [0.25, 0.3) is 16.0 Å². The monoisotopic (exact) mass is 564 g/mol. The summed E-state index contributed by atoms with van der Waals surface area (Å²) in [6.07, 6.45) is 0.645. The maximum Gasteiger partial charge on any atom is 0.290 e. The van der Waals surface area contributed by atoms with Crippen LogP contribution in [0.3, 0.4) is 0 Å². The molecule has 40 heavy (non-hydrogen) atoms. The SMILES string of the molecule is COc1cc(C2C(C(=O)c3sc4nc5ccccc5n4c3C)=C(O)C(=O)N2CCCN(C)C)cc(OC)c1OC. The van der Waals surface area contributed by atoms with Gasteiger partial charge in [0.1, 0.15) is 0 Å². The molecule has 10 nitrogen and oxygen atoms in total. The Hall–Kier alpha value is -4.09. The van der Waals surface area contributed by atoms with Crippen molar-refractivity contribution < 1.29 is 28.9 Å². The zero-order valence-electron chi connectivity index (χ0n) is 23.3. The second-order valence-electron chi connectivity index (χ2n) is 9.84. The second-order valence-corrected chi connectivity index (χ2v) is 10.8.